The maximum Gasteiger partial charge on any atom is 0.247 e. The van der Waals surface area contributed by atoms with Crippen molar-refractivity contribution in [2.75, 3.05) is 0 Å². The number of hydrogen-bond acceptors (Lipinski definition) is 0. The van der Waals surface area contributed by atoms with E-state index < -0.39 is 0 Å². The van der Waals surface area contributed by atoms with Crippen LogP contribution >= 0.6 is 0 Å². The molecule has 1 nitrogen and oxygen atoms in total. The largest absolute Gasteiger partial charge is 0.310 e. The zero-order chi connectivity index (χ0) is 25.6. The molecule has 2 aliphatic heterocycles. The monoisotopic (exact) mass is 485 g/mol. The summed E-state index contributed by atoms with van der Waals surface area (Å²) in [5, 5.41) is 2.69. The molecule has 9 rings (SSSR count). The maximum atomic E-state index is 2.54. The molecule has 0 radical (unpaired) electrons. The van der Waals surface area contributed by atoms with Crippen molar-refractivity contribution < 1.29 is 0 Å². The number of hydrogen-bond donors (Lipinski definition) is 0. The first kappa shape index (κ1) is 21.0. The molecule has 6 aromatic rings. The van der Waals surface area contributed by atoms with Crippen molar-refractivity contribution in [1.29, 1.82) is 0 Å². The normalized spacial score (nSPS) is 16.8. The summed E-state index contributed by atoms with van der Waals surface area (Å²) < 4.78 is 2.54. The van der Waals surface area contributed by atoms with Gasteiger partial charge >= 0.3 is 0 Å². The van der Waals surface area contributed by atoms with Gasteiger partial charge in [-0.2, -0.15) is 0 Å². The van der Waals surface area contributed by atoms with Crippen LogP contribution in [0.15, 0.2) is 97.1 Å². The predicted molar refractivity (Wildman–Crippen MR) is 162 cm³/mol. The third kappa shape index (κ3) is 2.17. The van der Waals surface area contributed by atoms with Crippen LogP contribution in [-0.2, 0) is 10.8 Å². The summed E-state index contributed by atoms with van der Waals surface area (Å²) >= 11 is 0. The van der Waals surface area contributed by atoms with Crippen LogP contribution in [0.3, 0.4) is 0 Å². The van der Waals surface area contributed by atoms with Gasteiger partial charge in [0.2, 0.25) is 6.71 Å². The zero-order valence-corrected chi connectivity index (χ0v) is 22.3. The fourth-order valence-corrected chi connectivity index (χ4v) is 8.46. The molecule has 0 amide bonds. The average molecular weight is 485 g/mol. The first-order valence-electron chi connectivity index (χ1n) is 13.8. The van der Waals surface area contributed by atoms with E-state index in [0.29, 0.717) is 0 Å². The Morgan fingerprint density at radius 2 is 1.32 bits per heavy atom. The fourth-order valence-electron chi connectivity index (χ4n) is 8.46. The Morgan fingerprint density at radius 1 is 0.579 bits per heavy atom. The van der Waals surface area contributed by atoms with Gasteiger partial charge in [0.05, 0.1) is 5.52 Å². The number of rotatable bonds is 0. The van der Waals surface area contributed by atoms with E-state index >= 15 is 0 Å². The van der Waals surface area contributed by atoms with E-state index in [1.807, 2.05) is 0 Å². The van der Waals surface area contributed by atoms with Crippen molar-refractivity contribution in [3.8, 4) is 16.8 Å². The molecule has 1 aromatic heterocycles. The molecule has 0 saturated heterocycles. The van der Waals surface area contributed by atoms with Crippen LogP contribution in [0.2, 0.25) is 0 Å². The summed E-state index contributed by atoms with van der Waals surface area (Å²) in [5.74, 6) is 0. The van der Waals surface area contributed by atoms with E-state index in [-0.39, 0.29) is 17.5 Å². The van der Waals surface area contributed by atoms with E-state index in [1.54, 1.807) is 0 Å². The molecule has 3 heterocycles. The van der Waals surface area contributed by atoms with Gasteiger partial charge in [-0.3, -0.25) is 0 Å². The lowest BCUT2D eigenvalue weighted by atomic mass is 9.30. The summed E-state index contributed by atoms with van der Waals surface area (Å²) in [7, 11) is 0. The minimum Gasteiger partial charge on any atom is -0.310 e. The molecular formula is C36H28BN. The molecule has 5 aromatic carbocycles. The minimum atomic E-state index is -0.121. The SMILES string of the molecule is CC1(C)c2ccccc2-c2c1ccc1c2C(C)(C)c2cccc3c2B1c1cccc2c4ccccc4n-3c12. The molecule has 1 aliphatic carbocycles. The third-order valence-corrected chi connectivity index (χ3v) is 10.0. The summed E-state index contributed by atoms with van der Waals surface area (Å²) in [4.78, 5) is 0. The van der Waals surface area contributed by atoms with Crippen LogP contribution in [0.1, 0.15) is 49.9 Å². The minimum absolute atomic E-state index is 0.00182. The second-order valence-electron chi connectivity index (χ2n) is 12.5. The van der Waals surface area contributed by atoms with Crippen molar-refractivity contribution in [2.45, 2.75) is 38.5 Å². The highest BCUT2D eigenvalue weighted by Gasteiger charge is 2.48. The van der Waals surface area contributed by atoms with Crippen LogP contribution < -0.4 is 16.4 Å². The van der Waals surface area contributed by atoms with Crippen molar-refractivity contribution in [3.05, 3.63) is 119 Å². The first-order valence-corrected chi connectivity index (χ1v) is 13.8. The molecule has 3 aliphatic rings. The lowest BCUT2D eigenvalue weighted by Crippen LogP contribution is -2.63. The van der Waals surface area contributed by atoms with Gasteiger partial charge in [-0.15, -0.1) is 0 Å². The quantitative estimate of drug-likeness (QED) is 0.215. The Hall–Kier alpha value is -4.04. The molecule has 0 fully saturated rings. The Bertz CT molecular complexity index is 2040. The number of para-hydroxylation sites is 2. The lowest BCUT2D eigenvalue weighted by molar-refractivity contribution is 0.638. The van der Waals surface area contributed by atoms with Crippen LogP contribution in [-0.4, -0.2) is 11.3 Å². The summed E-state index contributed by atoms with van der Waals surface area (Å²) in [6, 6.07) is 36.9. The Labute approximate surface area is 223 Å². The second kappa shape index (κ2) is 6.50. The van der Waals surface area contributed by atoms with Crippen molar-refractivity contribution in [2.24, 2.45) is 0 Å². The van der Waals surface area contributed by atoms with Crippen molar-refractivity contribution in [1.82, 2.24) is 4.57 Å². The van der Waals surface area contributed by atoms with Gasteiger partial charge in [-0.25, -0.2) is 0 Å². The number of fused-ring (bicyclic) bond motifs is 11. The van der Waals surface area contributed by atoms with E-state index in [4.69, 9.17) is 0 Å². The summed E-state index contributed by atoms with van der Waals surface area (Å²) in [6.45, 7) is 9.93. The fraction of sp³-hybridized carbons (Fsp3) is 0.167. The molecule has 2 heteroatoms. The molecule has 0 atom stereocenters. The summed E-state index contributed by atoms with van der Waals surface area (Å²) in [5.41, 5.74) is 17.1. The molecule has 38 heavy (non-hydrogen) atoms. The van der Waals surface area contributed by atoms with Gasteiger partial charge in [0.25, 0.3) is 0 Å². The standard InChI is InChI=1S/C36H28BN/c1-35(2)24-14-7-5-12-23(24)31-25(35)19-20-27-32(31)36(3,4)26-15-10-18-30-33(26)37(27)28-16-9-13-22-21-11-6-8-17-29(21)38(30)34(22)28/h5-20H,1-4H3. The van der Waals surface area contributed by atoms with Gasteiger partial charge in [-0.1, -0.05) is 118 Å². The maximum absolute atomic E-state index is 2.54. The van der Waals surface area contributed by atoms with Crippen LogP contribution in [0.4, 0.5) is 0 Å². The number of aromatic nitrogens is 1. The molecular weight excluding hydrogens is 457 g/mol. The first-order chi connectivity index (χ1) is 18.4. The average Bonchev–Trinajstić information content (AvgIpc) is 3.39. The van der Waals surface area contributed by atoms with Gasteiger partial charge < -0.3 is 4.57 Å². The molecule has 0 bridgehead atoms. The van der Waals surface area contributed by atoms with Gasteiger partial charge in [0.15, 0.2) is 0 Å². The Morgan fingerprint density at radius 3 is 2.21 bits per heavy atom. The van der Waals surface area contributed by atoms with Crippen LogP contribution in [0.5, 0.6) is 0 Å². The summed E-state index contributed by atoms with van der Waals surface area (Å²) in [6.07, 6.45) is 0. The zero-order valence-electron chi connectivity index (χ0n) is 22.3. The number of benzene rings is 5. The van der Waals surface area contributed by atoms with E-state index in [0.717, 1.165) is 0 Å². The van der Waals surface area contributed by atoms with E-state index in [9.17, 15) is 0 Å². The Kier molecular flexibility index (Phi) is 3.59. The van der Waals surface area contributed by atoms with Gasteiger partial charge in [-0.05, 0) is 56.4 Å². The topological polar surface area (TPSA) is 4.93 Å². The highest BCUT2D eigenvalue weighted by atomic mass is 15.0. The molecule has 0 unspecified atom stereocenters. The van der Waals surface area contributed by atoms with Gasteiger partial charge in [0, 0.05) is 32.8 Å². The van der Waals surface area contributed by atoms with Crippen LogP contribution in [0, 0.1) is 0 Å². The van der Waals surface area contributed by atoms with Crippen LogP contribution in [0.25, 0.3) is 38.6 Å². The smallest absolute Gasteiger partial charge is 0.247 e. The highest BCUT2D eigenvalue weighted by molar-refractivity contribution is 6.99. The van der Waals surface area contributed by atoms with Gasteiger partial charge in [0.1, 0.15) is 0 Å². The van der Waals surface area contributed by atoms with Crippen molar-refractivity contribution in [3.63, 3.8) is 0 Å². The third-order valence-electron chi connectivity index (χ3n) is 10.0. The second-order valence-corrected chi connectivity index (χ2v) is 12.5. The molecule has 0 saturated carbocycles. The lowest BCUT2D eigenvalue weighted by Gasteiger charge is -2.43. The predicted octanol–water partition coefficient (Wildman–Crippen LogP) is 6.56. The highest BCUT2D eigenvalue weighted by Crippen LogP contribution is 2.53. The van der Waals surface area contributed by atoms with E-state index in [1.165, 1.54) is 77.3 Å². The molecule has 0 N–H and O–H groups in total. The molecule has 180 valence electrons. The molecule has 0 spiro atoms. The number of nitrogens with zero attached hydrogens (tertiary/aromatic N) is 1. The van der Waals surface area contributed by atoms with Crippen molar-refractivity contribution >= 4 is 44.9 Å². The Balaban J connectivity index is 1.49. The van der Waals surface area contributed by atoms with E-state index in [2.05, 4.69) is 129 Å².